The van der Waals surface area contributed by atoms with Gasteiger partial charge in [0.05, 0.1) is 4.92 Å². The van der Waals surface area contributed by atoms with Crippen molar-refractivity contribution in [1.82, 2.24) is 9.97 Å². The van der Waals surface area contributed by atoms with E-state index in [9.17, 15) is 14.9 Å². The van der Waals surface area contributed by atoms with Crippen molar-refractivity contribution < 1.29 is 4.92 Å². The van der Waals surface area contributed by atoms with Gasteiger partial charge in [0.1, 0.15) is 5.69 Å². The van der Waals surface area contributed by atoms with Crippen molar-refractivity contribution in [3.05, 3.63) is 56.0 Å². The second-order valence-corrected chi connectivity index (χ2v) is 5.20. The van der Waals surface area contributed by atoms with Crippen LogP contribution >= 0.6 is 11.8 Å². The number of aryl methyl sites for hydroxylation is 1. The molecule has 1 aromatic carbocycles. The third-order valence-corrected chi connectivity index (χ3v) is 3.58. The number of anilines is 1. The molecule has 0 amide bonds. The van der Waals surface area contributed by atoms with Crippen molar-refractivity contribution in [3.8, 4) is 0 Å². The molecular formula is C12H13N5O3S. The number of nitrogen functional groups attached to an aromatic ring is 1. The second-order valence-electron chi connectivity index (χ2n) is 4.23. The highest BCUT2D eigenvalue weighted by Gasteiger charge is 2.13. The van der Waals surface area contributed by atoms with E-state index in [1.165, 1.54) is 23.9 Å². The highest BCUT2D eigenvalue weighted by Crippen LogP contribution is 2.27. The Hall–Kier alpha value is -2.39. The number of nitro benzene ring substituents is 1. The summed E-state index contributed by atoms with van der Waals surface area (Å²) in [5, 5.41) is 11.3. The van der Waals surface area contributed by atoms with Crippen LogP contribution in [0.1, 0.15) is 11.3 Å². The minimum Gasteiger partial charge on any atom is -0.318 e. The maximum Gasteiger partial charge on any atom is 0.293 e. The number of aromatic nitrogens is 2. The number of nitrogens with one attached hydrogen (secondary N) is 2. The molecule has 110 valence electrons. The molecule has 0 fully saturated rings. The summed E-state index contributed by atoms with van der Waals surface area (Å²) in [5.74, 6) is 5.78. The van der Waals surface area contributed by atoms with Gasteiger partial charge in [-0.15, -0.1) is 0 Å². The number of benzene rings is 1. The molecule has 0 saturated carbocycles. The Morgan fingerprint density at radius 1 is 1.48 bits per heavy atom. The molecule has 2 aromatic rings. The lowest BCUT2D eigenvalue weighted by atomic mass is 10.2. The molecular weight excluding hydrogens is 294 g/mol. The largest absolute Gasteiger partial charge is 0.318 e. The molecule has 0 aliphatic carbocycles. The second kappa shape index (κ2) is 6.37. The van der Waals surface area contributed by atoms with Gasteiger partial charge in [0, 0.05) is 23.6 Å². The predicted molar refractivity (Wildman–Crippen MR) is 80.1 cm³/mol. The molecule has 0 unspecified atom stereocenters. The van der Waals surface area contributed by atoms with Crippen LogP contribution < -0.4 is 16.8 Å². The van der Waals surface area contributed by atoms with Gasteiger partial charge in [0.15, 0.2) is 5.16 Å². The Morgan fingerprint density at radius 2 is 2.24 bits per heavy atom. The highest BCUT2D eigenvalue weighted by molar-refractivity contribution is 7.98. The quantitative estimate of drug-likeness (QED) is 0.251. The molecule has 9 heteroatoms. The Balaban J connectivity index is 2.16. The highest BCUT2D eigenvalue weighted by atomic mass is 32.2. The number of hydrogen-bond acceptors (Lipinski definition) is 7. The molecule has 21 heavy (non-hydrogen) atoms. The number of hydrogen-bond donors (Lipinski definition) is 3. The van der Waals surface area contributed by atoms with Crippen LogP contribution in [-0.4, -0.2) is 14.9 Å². The first-order chi connectivity index (χ1) is 9.99. The fourth-order valence-electron chi connectivity index (χ4n) is 1.72. The van der Waals surface area contributed by atoms with Gasteiger partial charge in [0.2, 0.25) is 0 Å². The third kappa shape index (κ3) is 3.80. The van der Waals surface area contributed by atoms with Gasteiger partial charge in [-0.3, -0.25) is 20.8 Å². The van der Waals surface area contributed by atoms with Gasteiger partial charge in [0.25, 0.3) is 11.2 Å². The first kappa shape index (κ1) is 15.0. The summed E-state index contributed by atoms with van der Waals surface area (Å²) in [6, 6.07) is 6.03. The average molecular weight is 307 g/mol. The molecule has 1 heterocycles. The number of hydrazine groups is 1. The standard InChI is InChI=1S/C12H13N5O3S/c1-7-4-11(18)15-12(14-7)21-6-8-2-3-10(17(19)20)9(5-8)16-13/h2-5,16H,6,13H2,1H3,(H,14,15,18). The van der Waals surface area contributed by atoms with Crippen LogP contribution in [0.4, 0.5) is 11.4 Å². The Bertz CT molecular complexity index is 731. The van der Waals surface area contributed by atoms with Crippen LogP contribution in [0.25, 0.3) is 0 Å². The SMILES string of the molecule is Cc1cc(=O)[nH]c(SCc2ccc([N+](=O)[O-])c(NN)c2)n1. The monoisotopic (exact) mass is 307 g/mol. The van der Waals surface area contributed by atoms with E-state index in [4.69, 9.17) is 5.84 Å². The van der Waals surface area contributed by atoms with Crippen molar-refractivity contribution in [2.45, 2.75) is 17.8 Å². The van der Waals surface area contributed by atoms with Gasteiger partial charge >= 0.3 is 0 Å². The molecule has 0 aliphatic rings. The number of thioether (sulfide) groups is 1. The summed E-state index contributed by atoms with van der Waals surface area (Å²) in [5.41, 5.74) is 3.70. The fourth-order valence-corrected chi connectivity index (χ4v) is 2.58. The molecule has 0 saturated heterocycles. The third-order valence-electron chi connectivity index (χ3n) is 2.64. The molecule has 1 aromatic heterocycles. The van der Waals surface area contributed by atoms with Crippen LogP contribution in [0, 0.1) is 17.0 Å². The number of nitrogens with zero attached hydrogens (tertiary/aromatic N) is 2. The van der Waals surface area contributed by atoms with Crippen LogP contribution in [0.5, 0.6) is 0 Å². The zero-order valence-electron chi connectivity index (χ0n) is 11.1. The lowest BCUT2D eigenvalue weighted by Crippen LogP contribution is -2.09. The Morgan fingerprint density at radius 3 is 2.86 bits per heavy atom. The van der Waals surface area contributed by atoms with E-state index >= 15 is 0 Å². The number of nitrogens with two attached hydrogens (primary N) is 1. The molecule has 0 spiro atoms. The lowest BCUT2D eigenvalue weighted by molar-refractivity contribution is -0.384. The molecule has 2 rings (SSSR count). The summed E-state index contributed by atoms with van der Waals surface area (Å²) in [6.07, 6.45) is 0. The van der Waals surface area contributed by atoms with E-state index in [0.717, 1.165) is 5.56 Å². The van der Waals surface area contributed by atoms with Gasteiger partial charge in [-0.25, -0.2) is 4.98 Å². The summed E-state index contributed by atoms with van der Waals surface area (Å²) < 4.78 is 0. The molecule has 0 bridgehead atoms. The number of aromatic amines is 1. The Labute approximate surface area is 123 Å². The predicted octanol–water partition coefficient (Wildman–Crippen LogP) is 1.56. The van der Waals surface area contributed by atoms with Crippen molar-refractivity contribution in [3.63, 3.8) is 0 Å². The normalized spacial score (nSPS) is 10.4. The van der Waals surface area contributed by atoms with Crippen molar-refractivity contribution in [2.75, 3.05) is 5.43 Å². The van der Waals surface area contributed by atoms with E-state index < -0.39 is 4.92 Å². The maximum absolute atomic E-state index is 11.3. The summed E-state index contributed by atoms with van der Waals surface area (Å²) in [7, 11) is 0. The fraction of sp³-hybridized carbons (Fsp3) is 0.167. The van der Waals surface area contributed by atoms with Gasteiger partial charge in [-0.05, 0) is 18.6 Å². The topological polar surface area (TPSA) is 127 Å². The molecule has 0 aliphatic heterocycles. The minimum absolute atomic E-state index is 0.0895. The zero-order chi connectivity index (χ0) is 15.4. The van der Waals surface area contributed by atoms with Crippen LogP contribution in [0.15, 0.2) is 34.2 Å². The number of rotatable bonds is 5. The molecule has 0 radical (unpaired) electrons. The van der Waals surface area contributed by atoms with Crippen molar-refractivity contribution >= 4 is 23.1 Å². The van der Waals surface area contributed by atoms with E-state index in [1.54, 1.807) is 19.1 Å². The molecule has 0 atom stereocenters. The van der Waals surface area contributed by atoms with Gasteiger partial charge < -0.3 is 10.4 Å². The Kier molecular flexibility index (Phi) is 4.55. The average Bonchev–Trinajstić information content (AvgIpc) is 2.43. The van der Waals surface area contributed by atoms with Gasteiger partial charge in [-0.2, -0.15) is 0 Å². The van der Waals surface area contributed by atoms with Crippen LogP contribution in [0.2, 0.25) is 0 Å². The number of nitro groups is 1. The maximum atomic E-state index is 11.3. The zero-order valence-corrected chi connectivity index (χ0v) is 11.9. The first-order valence-electron chi connectivity index (χ1n) is 5.94. The van der Waals surface area contributed by atoms with Crippen LogP contribution in [0.3, 0.4) is 0 Å². The van der Waals surface area contributed by atoms with E-state index in [2.05, 4.69) is 15.4 Å². The summed E-state index contributed by atoms with van der Waals surface area (Å²) in [4.78, 5) is 28.4. The number of H-pyrrole nitrogens is 1. The van der Waals surface area contributed by atoms with E-state index in [0.29, 0.717) is 16.6 Å². The molecule has 4 N–H and O–H groups in total. The summed E-state index contributed by atoms with van der Waals surface area (Å²) >= 11 is 1.33. The van der Waals surface area contributed by atoms with E-state index in [1.807, 2.05) is 0 Å². The van der Waals surface area contributed by atoms with Crippen molar-refractivity contribution in [2.24, 2.45) is 5.84 Å². The van der Waals surface area contributed by atoms with Gasteiger partial charge in [-0.1, -0.05) is 17.8 Å². The molecule has 8 nitrogen and oxygen atoms in total. The summed E-state index contributed by atoms with van der Waals surface area (Å²) in [6.45, 7) is 1.74. The smallest absolute Gasteiger partial charge is 0.293 e. The van der Waals surface area contributed by atoms with Crippen molar-refractivity contribution in [1.29, 1.82) is 0 Å². The minimum atomic E-state index is -0.508. The van der Waals surface area contributed by atoms with E-state index in [-0.39, 0.29) is 16.9 Å². The lowest BCUT2D eigenvalue weighted by Gasteiger charge is -2.06. The van der Waals surface area contributed by atoms with Crippen LogP contribution in [-0.2, 0) is 5.75 Å². The first-order valence-corrected chi connectivity index (χ1v) is 6.93.